The van der Waals surface area contributed by atoms with Crippen molar-refractivity contribution in [2.75, 3.05) is 19.0 Å². The van der Waals surface area contributed by atoms with Crippen molar-refractivity contribution in [1.82, 2.24) is 14.3 Å². The Morgan fingerprint density at radius 3 is 2.27 bits per heavy atom. The molecule has 0 aliphatic rings. The number of nitrogens with zero attached hydrogens (tertiary/aromatic N) is 4. The molecule has 4 rings (SSSR count). The number of amides is 1. The van der Waals surface area contributed by atoms with E-state index in [0.29, 0.717) is 10.7 Å². The maximum atomic E-state index is 13.6. The molecular weight excluding hydrogens is 456 g/mol. The fraction of sp³-hybridized carbons (Fsp3) is 0.208. The van der Waals surface area contributed by atoms with E-state index in [1.54, 1.807) is 11.1 Å². The first-order valence-corrected chi connectivity index (χ1v) is 12.6. The molecule has 170 valence electrons. The van der Waals surface area contributed by atoms with Gasteiger partial charge in [0.05, 0.1) is 27.4 Å². The van der Waals surface area contributed by atoms with E-state index in [1.165, 1.54) is 49.7 Å². The van der Waals surface area contributed by atoms with Crippen LogP contribution in [0.2, 0.25) is 0 Å². The van der Waals surface area contributed by atoms with E-state index in [0.717, 1.165) is 31.3 Å². The molecule has 0 radical (unpaired) electrons. The minimum Gasteiger partial charge on any atom is -0.278 e. The summed E-state index contributed by atoms with van der Waals surface area (Å²) in [6.07, 6.45) is 1.69. The Bertz CT molecular complexity index is 1370. The first kappa shape index (κ1) is 23.0. The summed E-state index contributed by atoms with van der Waals surface area (Å²) in [5.74, 6) is -0.274. The summed E-state index contributed by atoms with van der Waals surface area (Å²) in [7, 11) is -0.634. The molecule has 0 fully saturated rings. The van der Waals surface area contributed by atoms with Gasteiger partial charge in [0, 0.05) is 25.9 Å². The number of anilines is 1. The Kier molecular flexibility index (Phi) is 6.29. The minimum atomic E-state index is -3.58. The second-order valence-corrected chi connectivity index (χ2v) is 11.0. The van der Waals surface area contributed by atoms with Gasteiger partial charge in [0.15, 0.2) is 5.13 Å². The number of thiazole rings is 1. The molecule has 0 aliphatic heterocycles. The summed E-state index contributed by atoms with van der Waals surface area (Å²) >= 11 is 1.46. The number of aromatic nitrogens is 2. The fourth-order valence-corrected chi connectivity index (χ4v) is 5.39. The van der Waals surface area contributed by atoms with Gasteiger partial charge in [0.2, 0.25) is 10.0 Å². The zero-order valence-corrected chi connectivity index (χ0v) is 20.4. The van der Waals surface area contributed by atoms with Crippen LogP contribution in [0.4, 0.5) is 5.13 Å². The smallest absolute Gasteiger partial charge is 0.260 e. The summed E-state index contributed by atoms with van der Waals surface area (Å²) in [4.78, 5) is 24.5. The van der Waals surface area contributed by atoms with E-state index in [9.17, 15) is 13.2 Å². The Labute approximate surface area is 197 Å². The number of fused-ring (bicyclic) bond motifs is 1. The first-order valence-electron chi connectivity index (χ1n) is 10.3. The number of carbonyl (C=O) groups excluding carboxylic acids is 1. The van der Waals surface area contributed by atoms with Crippen molar-refractivity contribution in [1.29, 1.82) is 0 Å². The Morgan fingerprint density at radius 2 is 1.67 bits per heavy atom. The van der Waals surface area contributed by atoms with Gasteiger partial charge in [0.25, 0.3) is 5.91 Å². The van der Waals surface area contributed by atoms with Gasteiger partial charge in [-0.15, -0.1) is 0 Å². The Hall–Kier alpha value is -3.14. The zero-order valence-electron chi connectivity index (χ0n) is 18.8. The molecule has 2 heterocycles. The normalized spacial score (nSPS) is 11.8. The van der Waals surface area contributed by atoms with Crippen LogP contribution in [0.5, 0.6) is 0 Å². The van der Waals surface area contributed by atoms with Crippen molar-refractivity contribution >= 4 is 42.6 Å². The van der Waals surface area contributed by atoms with Crippen LogP contribution in [0.1, 0.15) is 27.2 Å². The monoisotopic (exact) mass is 480 g/mol. The molecule has 0 unspecified atom stereocenters. The highest BCUT2D eigenvalue weighted by molar-refractivity contribution is 7.89. The van der Waals surface area contributed by atoms with E-state index in [-0.39, 0.29) is 17.3 Å². The lowest BCUT2D eigenvalue weighted by atomic mass is 10.1. The van der Waals surface area contributed by atoms with Gasteiger partial charge < -0.3 is 0 Å². The summed E-state index contributed by atoms with van der Waals surface area (Å²) in [5.41, 5.74) is 4.12. The average Bonchev–Trinajstić information content (AvgIpc) is 3.27. The number of sulfonamides is 1. The largest absolute Gasteiger partial charge is 0.278 e. The molecule has 7 nitrogen and oxygen atoms in total. The first-order chi connectivity index (χ1) is 15.7. The third-order valence-electron chi connectivity index (χ3n) is 5.33. The molecule has 2 aromatic carbocycles. The molecular formula is C24H24N4O3S2. The van der Waals surface area contributed by atoms with Crippen molar-refractivity contribution in [2.24, 2.45) is 0 Å². The van der Waals surface area contributed by atoms with E-state index >= 15 is 0 Å². The van der Waals surface area contributed by atoms with E-state index < -0.39 is 10.0 Å². The highest BCUT2D eigenvalue weighted by Gasteiger charge is 2.24. The van der Waals surface area contributed by atoms with Crippen LogP contribution in [-0.2, 0) is 16.6 Å². The molecule has 0 saturated heterocycles. The molecule has 0 bridgehead atoms. The highest BCUT2D eigenvalue weighted by atomic mass is 32.2. The minimum absolute atomic E-state index is 0.131. The van der Waals surface area contributed by atoms with E-state index in [4.69, 9.17) is 4.98 Å². The van der Waals surface area contributed by atoms with Gasteiger partial charge in [-0.05, 0) is 61.4 Å². The van der Waals surface area contributed by atoms with Crippen molar-refractivity contribution in [3.05, 3.63) is 83.2 Å². The second kappa shape index (κ2) is 9.01. The molecule has 0 aliphatic carbocycles. The molecule has 1 amide bonds. The van der Waals surface area contributed by atoms with Gasteiger partial charge >= 0.3 is 0 Å². The zero-order chi connectivity index (χ0) is 23.8. The standard InChI is InChI=1S/C24H24N4O3S2/c1-16-8-9-17(2)22-21(16)26-24(32-22)28(15-19-7-5-6-14-25-19)23(29)18-10-12-20(13-11-18)33(30,31)27(3)4/h5-14H,15H2,1-4H3. The van der Waals surface area contributed by atoms with Crippen molar-refractivity contribution < 1.29 is 13.2 Å². The molecule has 0 saturated carbocycles. The van der Waals surface area contributed by atoms with E-state index in [2.05, 4.69) is 11.1 Å². The van der Waals surface area contributed by atoms with Crippen molar-refractivity contribution in [3.8, 4) is 0 Å². The Balaban J connectivity index is 1.76. The Morgan fingerprint density at radius 1 is 0.970 bits per heavy atom. The predicted octanol–water partition coefficient (Wildman–Crippen LogP) is 4.41. The number of hydrogen-bond donors (Lipinski definition) is 0. The average molecular weight is 481 g/mol. The lowest BCUT2D eigenvalue weighted by Gasteiger charge is -2.20. The maximum Gasteiger partial charge on any atom is 0.260 e. The lowest BCUT2D eigenvalue weighted by molar-refractivity contribution is 0.0984. The van der Waals surface area contributed by atoms with Crippen LogP contribution in [0.3, 0.4) is 0 Å². The third kappa shape index (κ3) is 4.52. The van der Waals surface area contributed by atoms with Crippen LogP contribution in [0.15, 0.2) is 65.7 Å². The molecule has 0 atom stereocenters. The molecule has 33 heavy (non-hydrogen) atoms. The molecule has 0 spiro atoms. The van der Waals surface area contributed by atoms with Gasteiger partial charge in [-0.2, -0.15) is 0 Å². The number of pyridine rings is 1. The summed E-state index contributed by atoms with van der Waals surface area (Å²) < 4.78 is 27.0. The maximum absolute atomic E-state index is 13.6. The number of carbonyl (C=O) groups is 1. The number of hydrogen-bond acceptors (Lipinski definition) is 6. The fourth-order valence-electron chi connectivity index (χ4n) is 3.38. The van der Waals surface area contributed by atoms with Gasteiger partial charge in [0.1, 0.15) is 0 Å². The van der Waals surface area contributed by atoms with Crippen LogP contribution in [0, 0.1) is 13.8 Å². The molecule has 9 heteroatoms. The predicted molar refractivity (Wildman–Crippen MR) is 131 cm³/mol. The topological polar surface area (TPSA) is 83.5 Å². The molecule has 4 aromatic rings. The van der Waals surface area contributed by atoms with Gasteiger partial charge in [-0.1, -0.05) is 29.5 Å². The summed E-state index contributed by atoms with van der Waals surface area (Å²) in [6, 6.07) is 15.6. The third-order valence-corrected chi connectivity index (χ3v) is 8.38. The van der Waals surface area contributed by atoms with Gasteiger partial charge in [-0.25, -0.2) is 17.7 Å². The lowest BCUT2D eigenvalue weighted by Crippen LogP contribution is -2.30. The van der Waals surface area contributed by atoms with Crippen LogP contribution in [0.25, 0.3) is 10.2 Å². The van der Waals surface area contributed by atoms with Crippen LogP contribution in [-0.4, -0.2) is 42.7 Å². The van der Waals surface area contributed by atoms with Crippen LogP contribution >= 0.6 is 11.3 Å². The second-order valence-electron chi connectivity index (χ2n) is 7.90. The quantitative estimate of drug-likeness (QED) is 0.408. The number of benzene rings is 2. The van der Waals surface area contributed by atoms with Crippen LogP contribution < -0.4 is 4.90 Å². The SMILES string of the molecule is Cc1ccc(C)c2sc(N(Cc3ccccn3)C(=O)c3ccc(S(=O)(=O)N(C)C)cc3)nc12. The summed E-state index contributed by atoms with van der Waals surface area (Å²) in [5, 5.41) is 0.572. The molecule has 0 N–H and O–H groups in total. The molecule has 2 aromatic heterocycles. The number of rotatable bonds is 6. The van der Waals surface area contributed by atoms with Crippen molar-refractivity contribution in [2.45, 2.75) is 25.3 Å². The number of aryl methyl sites for hydroxylation is 2. The van der Waals surface area contributed by atoms with Crippen molar-refractivity contribution in [3.63, 3.8) is 0 Å². The van der Waals surface area contributed by atoms with E-state index in [1.807, 2.05) is 38.1 Å². The van der Waals surface area contributed by atoms with Gasteiger partial charge in [-0.3, -0.25) is 14.7 Å². The summed E-state index contributed by atoms with van der Waals surface area (Å²) in [6.45, 7) is 4.27. The highest BCUT2D eigenvalue weighted by Crippen LogP contribution is 2.34.